The Bertz CT molecular complexity index is 755. The monoisotopic (exact) mass is 352 g/mol. The number of hydrogen-bond acceptors (Lipinski definition) is 3. The smallest absolute Gasteiger partial charge is 0.331 e. The van der Waals surface area contributed by atoms with Crippen molar-refractivity contribution in [3.63, 3.8) is 0 Å². The summed E-state index contributed by atoms with van der Waals surface area (Å²) < 4.78 is 17.6. The van der Waals surface area contributed by atoms with Gasteiger partial charge in [0.2, 0.25) is 0 Å². The summed E-state index contributed by atoms with van der Waals surface area (Å²) in [6.07, 6.45) is 2.62. The Balaban J connectivity index is 1.90. The van der Waals surface area contributed by atoms with Crippen LogP contribution in [0.1, 0.15) is 15.9 Å². The highest BCUT2D eigenvalue weighted by Gasteiger charge is 2.08. The van der Waals surface area contributed by atoms with Gasteiger partial charge in [-0.2, -0.15) is 0 Å². The van der Waals surface area contributed by atoms with Crippen LogP contribution in [0.4, 0.5) is 4.39 Å². The third-order valence-electron chi connectivity index (χ3n) is 2.87. The molecule has 2 rings (SSSR count). The molecule has 0 bridgehead atoms. The van der Waals surface area contributed by atoms with Crippen molar-refractivity contribution < 1.29 is 18.7 Å². The molecule has 0 aliphatic rings. The molecule has 6 heteroatoms. The van der Waals surface area contributed by atoms with Crippen LogP contribution in [0.25, 0.3) is 6.08 Å². The summed E-state index contributed by atoms with van der Waals surface area (Å²) >= 11 is 11.7. The van der Waals surface area contributed by atoms with Gasteiger partial charge in [-0.15, -0.1) is 0 Å². The van der Waals surface area contributed by atoms with Crippen LogP contribution in [0.5, 0.6) is 0 Å². The normalized spacial score (nSPS) is 10.7. The second-order valence-electron chi connectivity index (χ2n) is 4.54. The lowest BCUT2D eigenvalue weighted by Crippen LogP contribution is -2.12. The molecule has 0 fully saturated rings. The van der Waals surface area contributed by atoms with Gasteiger partial charge in [-0.05, 0) is 48.0 Å². The topological polar surface area (TPSA) is 43.4 Å². The second-order valence-corrected chi connectivity index (χ2v) is 5.38. The molecule has 0 unspecified atom stereocenters. The summed E-state index contributed by atoms with van der Waals surface area (Å²) in [6, 6.07) is 9.82. The minimum atomic E-state index is -0.688. The minimum absolute atomic E-state index is 0.268. The van der Waals surface area contributed by atoms with E-state index in [1.54, 1.807) is 18.2 Å². The average molecular weight is 353 g/mol. The van der Waals surface area contributed by atoms with Crippen molar-refractivity contribution in [1.29, 1.82) is 0 Å². The molecule has 0 heterocycles. The molecule has 0 aromatic heterocycles. The maximum absolute atomic E-state index is 12.8. The lowest BCUT2D eigenvalue weighted by atomic mass is 10.1. The fourth-order valence-corrected chi connectivity index (χ4v) is 2.17. The molecule has 0 aliphatic carbocycles. The Morgan fingerprint density at radius 3 is 2.43 bits per heavy atom. The van der Waals surface area contributed by atoms with Gasteiger partial charge in [0.15, 0.2) is 12.4 Å². The lowest BCUT2D eigenvalue weighted by Gasteiger charge is -2.02. The summed E-state index contributed by atoms with van der Waals surface area (Å²) in [6.45, 7) is -0.427. The lowest BCUT2D eigenvalue weighted by molar-refractivity contribution is -0.136. The highest BCUT2D eigenvalue weighted by molar-refractivity contribution is 6.35. The average Bonchev–Trinajstić information content (AvgIpc) is 2.52. The van der Waals surface area contributed by atoms with Gasteiger partial charge in [0, 0.05) is 21.7 Å². The Kier molecular flexibility index (Phi) is 5.90. The molecule has 3 nitrogen and oxygen atoms in total. The third-order valence-corrected chi connectivity index (χ3v) is 3.44. The molecule has 118 valence electrons. The molecule has 0 spiro atoms. The van der Waals surface area contributed by atoms with Gasteiger partial charge in [-0.1, -0.05) is 29.3 Å². The quantitative estimate of drug-likeness (QED) is 0.449. The number of esters is 1. The van der Waals surface area contributed by atoms with E-state index in [1.807, 2.05) is 0 Å². The summed E-state index contributed by atoms with van der Waals surface area (Å²) in [5.74, 6) is -1.55. The molecule has 0 radical (unpaired) electrons. The summed E-state index contributed by atoms with van der Waals surface area (Å²) in [5.41, 5.74) is 0.863. The SMILES string of the molecule is O=C(/C=C/c1ccc(Cl)cc1Cl)OCC(=O)c1ccc(F)cc1. The molecule has 0 amide bonds. The maximum atomic E-state index is 12.8. The van der Waals surface area contributed by atoms with Crippen LogP contribution in [-0.2, 0) is 9.53 Å². The number of ether oxygens (including phenoxy) is 1. The molecule has 23 heavy (non-hydrogen) atoms. The Labute approximate surface area is 142 Å². The molecule has 2 aromatic carbocycles. The highest BCUT2D eigenvalue weighted by atomic mass is 35.5. The zero-order valence-corrected chi connectivity index (χ0v) is 13.3. The van der Waals surface area contributed by atoms with Gasteiger partial charge in [0.1, 0.15) is 5.82 Å². The van der Waals surface area contributed by atoms with Crippen molar-refractivity contribution in [2.45, 2.75) is 0 Å². The number of Topliss-reactive ketones (excluding diaryl/α,β-unsaturated/α-hetero) is 1. The number of benzene rings is 2. The van der Waals surface area contributed by atoms with Crippen LogP contribution < -0.4 is 0 Å². The first-order chi connectivity index (χ1) is 11.0. The highest BCUT2D eigenvalue weighted by Crippen LogP contribution is 2.21. The van der Waals surface area contributed by atoms with E-state index in [0.29, 0.717) is 15.6 Å². The van der Waals surface area contributed by atoms with Crippen molar-refractivity contribution in [3.8, 4) is 0 Å². The zero-order valence-electron chi connectivity index (χ0n) is 11.8. The van der Waals surface area contributed by atoms with E-state index in [2.05, 4.69) is 0 Å². The van der Waals surface area contributed by atoms with E-state index in [-0.39, 0.29) is 5.56 Å². The number of carbonyl (C=O) groups is 2. The maximum Gasteiger partial charge on any atom is 0.331 e. The molecule has 2 aromatic rings. The van der Waals surface area contributed by atoms with E-state index < -0.39 is 24.2 Å². The standard InChI is InChI=1S/C17H11Cl2FO3/c18-13-5-1-11(15(19)9-13)4-8-17(22)23-10-16(21)12-2-6-14(20)7-3-12/h1-9H,10H2/b8-4+. The first-order valence-corrected chi connectivity index (χ1v) is 7.30. The summed E-state index contributed by atoms with van der Waals surface area (Å²) in [5, 5.41) is 0.878. The van der Waals surface area contributed by atoms with Crippen molar-refractivity contribution in [2.75, 3.05) is 6.61 Å². The zero-order chi connectivity index (χ0) is 16.8. The summed E-state index contributed by atoms with van der Waals surface area (Å²) in [7, 11) is 0. The van der Waals surface area contributed by atoms with Crippen LogP contribution >= 0.6 is 23.2 Å². The van der Waals surface area contributed by atoms with Gasteiger partial charge >= 0.3 is 5.97 Å². The third kappa shape index (κ3) is 5.20. The fourth-order valence-electron chi connectivity index (χ4n) is 1.70. The van der Waals surface area contributed by atoms with E-state index >= 15 is 0 Å². The predicted molar refractivity (Wildman–Crippen MR) is 87.2 cm³/mol. The van der Waals surface area contributed by atoms with Crippen LogP contribution in [0.2, 0.25) is 10.0 Å². The van der Waals surface area contributed by atoms with Gasteiger partial charge < -0.3 is 4.74 Å². The predicted octanol–water partition coefficient (Wildman–Crippen LogP) is 4.57. The molecule has 0 saturated heterocycles. The number of halogens is 3. The Morgan fingerprint density at radius 2 is 1.78 bits per heavy atom. The largest absolute Gasteiger partial charge is 0.454 e. The van der Waals surface area contributed by atoms with Gasteiger partial charge in [-0.3, -0.25) is 4.79 Å². The molecule has 0 aliphatic heterocycles. The van der Waals surface area contributed by atoms with Crippen molar-refractivity contribution in [2.24, 2.45) is 0 Å². The van der Waals surface area contributed by atoms with Crippen molar-refractivity contribution in [1.82, 2.24) is 0 Å². The van der Waals surface area contributed by atoms with Gasteiger partial charge in [0.25, 0.3) is 0 Å². The number of ketones is 1. The van der Waals surface area contributed by atoms with Crippen LogP contribution in [0.15, 0.2) is 48.5 Å². The van der Waals surface area contributed by atoms with Crippen molar-refractivity contribution >= 4 is 41.0 Å². The number of carbonyl (C=O) groups excluding carboxylic acids is 2. The first kappa shape index (κ1) is 17.2. The molecule has 0 saturated carbocycles. The van der Waals surface area contributed by atoms with E-state index in [1.165, 1.54) is 18.2 Å². The Hall–Kier alpha value is -2.17. The number of rotatable bonds is 5. The van der Waals surface area contributed by atoms with Crippen LogP contribution in [0.3, 0.4) is 0 Å². The van der Waals surface area contributed by atoms with E-state index in [4.69, 9.17) is 27.9 Å². The van der Waals surface area contributed by atoms with Crippen LogP contribution in [-0.4, -0.2) is 18.4 Å². The first-order valence-electron chi connectivity index (χ1n) is 6.54. The Morgan fingerprint density at radius 1 is 1.09 bits per heavy atom. The second kappa shape index (κ2) is 7.90. The van der Waals surface area contributed by atoms with Crippen molar-refractivity contribution in [3.05, 3.63) is 75.5 Å². The molecule has 0 N–H and O–H groups in total. The summed E-state index contributed by atoms with van der Waals surface area (Å²) in [4.78, 5) is 23.4. The minimum Gasteiger partial charge on any atom is -0.454 e. The fraction of sp³-hybridized carbons (Fsp3) is 0.0588. The van der Waals surface area contributed by atoms with Crippen LogP contribution in [0, 0.1) is 5.82 Å². The van der Waals surface area contributed by atoms with Gasteiger partial charge in [-0.25, -0.2) is 9.18 Å². The molecule has 0 atom stereocenters. The number of hydrogen-bond donors (Lipinski definition) is 0. The molecular formula is C17H11Cl2FO3. The van der Waals surface area contributed by atoms with E-state index in [0.717, 1.165) is 18.2 Å². The molecular weight excluding hydrogens is 342 g/mol. The van der Waals surface area contributed by atoms with E-state index in [9.17, 15) is 14.0 Å². The van der Waals surface area contributed by atoms with Gasteiger partial charge in [0.05, 0.1) is 0 Å².